The number of thiophene rings is 1. The molecule has 1 heterocycles. The van der Waals surface area contributed by atoms with E-state index in [9.17, 15) is 9.90 Å². The Bertz CT molecular complexity index is 959. The van der Waals surface area contributed by atoms with Crippen molar-refractivity contribution >= 4 is 39.7 Å². The van der Waals surface area contributed by atoms with Crippen LogP contribution in [-0.4, -0.2) is 42.2 Å². The van der Waals surface area contributed by atoms with Crippen LogP contribution in [-0.2, 0) is 4.79 Å². The van der Waals surface area contributed by atoms with Gasteiger partial charge in [0.15, 0.2) is 0 Å². The molecule has 0 aliphatic rings. The number of aliphatic carboxylic acids is 1. The molecule has 3 aromatic rings. The number of likely N-dealkylation sites (N-methyl/N-ethyl adjacent to an activating group) is 1. The fourth-order valence-electron chi connectivity index (χ4n) is 3.19. The van der Waals surface area contributed by atoms with Crippen molar-refractivity contribution in [3.63, 3.8) is 0 Å². The van der Waals surface area contributed by atoms with Gasteiger partial charge in [-0.05, 0) is 47.5 Å². The Labute approximate surface area is 169 Å². The van der Waals surface area contributed by atoms with Crippen LogP contribution in [0, 0.1) is 0 Å². The van der Waals surface area contributed by atoms with E-state index in [1.54, 1.807) is 6.08 Å². The minimum atomic E-state index is -0.940. The lowest BCUT2D eigenvalue weighted by atomic mass is 10.0. The fourth-order valence-corrected chi connectivity index (χ4v) is 3.92. The molecule has 1 N–H and O–H groups in total. The van der Waals surface area contributed by atoms with E-state index < -0.39 is 5.97 Å². The van der Waals surface area contributed by atoms with Crippen LogP contribution in [0.1, 0.15) is 24.3 Å². The lowest BCUT2D eigenvalue weighted by Gasteiger charge is -2.19. The summed E-state index contributed by atoms with van der Waals surface area (Å²) in [6.45, 7) is 7.61. The fraction of sp³-hybridized carbons (Fsp3) is 0.261. The molecule has 0 atom stereocenters. The van der Waals surface area contributed by atoms with Gasteiger partial charge in [-0.25, -0.2) is 4.79 Å². The summed E-state index contributed by atoms with van der Waals surface area (Å²) in [7, 11) is 0. The highest BCUT2D eigenvalue weighted by Crippen LogP contribution is 2.33. The zero-order chi connectivity index (χ0) is 19.9. The number of fused-ring (bicyclic) bond motifs is 1. The Hall–Kier alpha value is -2.63. The lowest BCUT2D eigenvalue weighted by molar-refractivity contribution is -0.130. The number of hydrogen-bond donors (Lipinski definition) is 1. The van der Waals surface area contributed by atoms with Crippen LogP contribution < -0.4 is 4.74 Å². The van der Waals surface area contributed by atoms with Crippen molar-refractivity contribution in [3.8, 4) is 5.75 Å². The monoisotopic (exact) mass is 395 g/mol. The zero-order valence-corrected chi connectivity index (χ0v) is 17.0. The molecule has 0 aliphatic carbocycles. The van der Waals surface area contributed by atoms with Gasteiger partial charge in [0.2, 0.25) is 0 Å². The van der Waals surface area contributed by atoms with Crippen molar-refractivity contribution in [3.05, 3.63) is 64.4 Å². The summed E-state index contributed by atoms with van der Waals surface area (Å²) in [6, 6.07) is 15.6. The van der Waals surface area contributed by atoms with Gasteiger partial charge >= 0.3 is 5.97 Å². The Morgan fingerprint density at radius 2 is 1.89 bits per heavy atom. The molecule has 146 valence electrons. The van der Waals surface area contributed by atoms with Crippen LogP contribution in [0.3, 0.4) is 0 Å². The molecule has 0 fully saturated rings. The molecule has 5 heteroatoms. The highest BCUT2D eigenvalue weighted by Gasteiger charge is 2.15. The average molecular weight is 396 g/mol. The number of carboxylic acid groups (broad SMARTS) is 1. The summed E-state index contributed by atoms with van der Waals surface area (Å²) in [5.41, 5.74) is 1.09. The van der Waals surface area contributed by atoms with Gasteiger partial charge in [0.05, 0.1) is 5.57 Å². The average Bonchev–Trinajstić information content (AvgIpc) is 3.24. The molecule has 0 spiro atoms. The van der Waals surface area contributed by atoms with Crippen molar-refractivity contribution in [2.45, 2.75) is 13.8 Å². The number of carbonyl (C=O) groups is 1. The minimum absolute atomic E-state index is 0.278. The number of benzene rings is 2. The molecule has 0 saturated carbocycles. The molecule has 28 heavy (non-hydrogen) atoms. The second-order valence-corrected chi connectivity index (χ2v) is 7.36. The largest absolute Gasteiger partial charge is 0.492 e. The highest BCUT2D eigenvalue weighted by molar-refractivity contribution is 7.11. The Morgan fingerprint density at radius 3 is 2.57 bits per heavy atom. The van der Waals surface area contributed by atoms with E-state index in [1.165, 1.54) is 11.3 Å². The first kappa shape index (κ1) is 20.1. The number of ether oxygens (including phenoxy) is 1. The van der Waals surface area contributed by atoms with Gasteiger partial charge in [-0.1, -0.05) is 50.2 Å². The molecule has 0 amide bonds. The van der Waals surface area contributed by atoms with Crippen molar-refractivity contribution < 1.29 is 14.6 Å². The van der Waals surface area contributed by atoms with Gasteiger partial charge < -0.3 is 14.7 Å². The van der Waals surface area contributed by atoms with Crippen molar-refractivity contribution in [1.82, 2.24) is 4.90 Å². The first-order valence-electron chi connectivity index (χ1n) is 9.49. The number of carboxylic acids is 1. The smallest absolute Gasteiger partial charge is 0.337 e. The normalized spacial score (nSPS) is 11.9. The van der Waals surface area contributed by atoms with Crippen LogP contribution in [0.5, 0.6) is 5.75 Å². The predicted molar refractivity (Wildman–Crippen MR) is 117 cm³/mol. The summed E-state index contributed by atoms with van der Waals surface area (Å²) < 4.78 is 6.10. The maximum Gasteiger partial charge on any atom is 0.337 e. The van der Waals surface area contributed by atoms with E-state index in [-0.39, 0.29) is 5.57 Å². The standard InChI is InChI=1S/C23H25NO3S/c1-3-24(4-2)13-14-27-21-12-11-17-8-5-6-9-18(17)19(21)16-20(23(25)26)22-10-7-15-28-22/h5-12,15-16H,3-4,13-14H2,1-2H3,(H,25,26)/b20-16+. The first-order chi connectivity index (χ1) is 13.6. The van der Waals surface area contributed by atoms with Gasteiger partial charge in [-0.3, -0.25) is 0 Å². The van der Waals surface area contributed by atoms with Crippen LogP contribution in [0.4, 0.5) is 0 Å². The lowest BCUT2D eigenvalue weighted by Crippen LogP contribution is -2.28. The molecule has 2 aromatic carbocycles. The number of hydrogen-bond acceptors (Lipinski definition) is 4. The second-order valence-electron chi connectivity index (χ2n) is 6.41. The SMILES string of the molecule is CCN(CC)CCOc1ccc2ccccc2c1/C=C(/C(=O)O)c1cccs1. The van der Waals surface area contributed by atoms with E-state index in [4.69, 9.17) is 4.74 Å². The molecule has 4 nitrogen and oxygen atoms in total. The molecule has 0 aliphatic heterocycles. The molecule has 0 bridgehead atoms. The Balaban J connectivity index is 2.02. The maximum atomic E-state index is 11.9. The van der Waals surface area contributed by atoms with Crippen LogP contribution in [0.2, 0.25) is 0 Å². The van der Waals surface area contributed by atoms with Crippen molar-refractivity contribution in [1.29, 1.82) is 0 Å². The van der Waals surface area contributed by atoms with Crippen molar-refractivity contribution in [2.24, 2.45) is 0 Å². The van der Waals surface area contributed by atoms with E-state index in [1.807, 2.05) is 53.9 Å². The van der Waals surface area contributed by atoms with Crippen molar-refractivity contribution in [2.75, 3.05) is 26.2 Å². The predicted octanol–water partition coefficient (Wildman–Crippen LogP) is 5.25. The molecule has 0 unspecified atom stereocenters. The van der Waals surface area contributed by atoms with E-state index in [2.05, 4.69) is 18.7 Å². The van der Waals surface area contributed by atoms with E-state index in [0.29, 0.717) is 12.4 Å². The molecular formula is C23H25NO3S. The molecule has 3 rings (SSSR count). The second kappa shape index (κ2) is 9.53. The van der Waals surface area contributed by atoms with Crippen LogP contribution >= 0.6 is 11.3 Å². The van der Waals surface area contributed by atoms with Gasteiger partial charge in [0.1, 0.15) is 12.4 Å². The zero-order valence-electron chi connectivity index (χ0n) is 16.2. The molecule has 0 saturated heterocycles. The van der Waals surface area contributed by atoms with Gasteiger partial charge in [-0.15, -0.1) is 11.3 Å². The quantitative estimate of drug-likeness (QED) is 0.503. The number of nitrogens with zero attached hydrogens (tertiary/aromatic N) is 1. The third kappa shape index (κ3) is 4.61. The third-order valence-corrected chi connectivity index (χ3v) is 5.70. The van der Waals surface area contributed by atoms with Gasteiger partial charge in [0.25, 0.3) is 0 Å². The molecule has 0 radical (unpaired) electrons. The summed E-state index contributed by atoms with van der Waals surface area (Å²) in [6.07, 6.45) is 1.74. The summed E-state index contributed by atoms with van der Waals surface area (Å²) in [5, 5.41) is 13.7. The first-order valence-corrected chi connectivity index (χ1v) is 10.4. The highest BCUT2D eigenvalue weighted by atomic mass is 32.1. The van der Waals surface area contributed by atoms with E-state index >= 15 is 0 Å². The molecule has 1 aromatic heterocycles. The summed E-state index contributed by atoms with van der Waals surface area (Å²) in [4.78, 5) is 14.9. The van der Waals surface area contributed by atoms with Crippen LogP contribution in [0.15, 0.2) is 53.9 Å². The summed E-state index contributed by atoms with van der Waals surface area (Å²) in [5.74, 6) is -0.231. The topological polar surface area (TPSA) is 49.8 Å². The number of rotatable bonds is 9. The Morgan fingerprint density at radius 1 is 1.11 bits per heavy atom. The Kier molecular flexibility index (Phi) is 6.85. The van der Waals surface area contributed by atoms with Gasteiger partial charge in [0, 0.05) is 17.0 Å². The third-order valence-electron chi connectivity index (χ3n) is 4.80. The molecular weight excluding hydrogens is 370 g/mol. The van der Waals surface area contributed by atoms with E-state index in [0.717, 1.165) is 40.8 Å². The minimum Gasteiger partial charge on any atom is -0.492 e. The summed E-state index contributed by atoms with van der Waals surface area (Å²) >= 11 is 1.42. The van der Waals surface area contributed by atoms with Gasteiger partial charge in [-0.2, -0.15) is 0 Å². The van der Waals surface area contributed by atoms with Crippen LogP contribution in [0.25, 0.3) is 22.4 Å². The maximum absolute atomic E-state index is 11.9.